The lowest BCUT2D eigenvalue weighted by Gasteiger charge is -2.03. The van der Waals surface area contributed by atoms with Crippen molar-refractivity contribution in [2.75, 3.05) is 0 Å². The highest BCUT2D eigenvalue weighted by Crippen LogP contribution is 2.11. The van der Waals surface area contributed by atoms with Crippen molar-refractivity contribution in [2.24, 2.45) is 0 Å². The van der Waals surface area contributed by atoms with Crippen molar-refractivity contribution in [1.82, 2.24) is 4.98 Å². The average Bonchev–Trinajstić information content (AvgIpc) is 2.16. The van der Waals surface area contributed by atoms with Crippen LogP contribution >= 0.6 is 0 Å². The molecule has 1 N–H and O–H groups in total. The lowest BCUT2D eigenvalue weighted by Crippen LogP contribution is -2.09. The Kier molecular flexibility index (Phi) is 1.88. The minimum atomic E-state index is -0.383. The van der Waals surface area contributed by atoms with Crippen molar-refractivity contribution in [3.8, 4) is 0 Å². The number of benzene rings is 1. The van der Waals surface area contributed by atoms with E-state index in [1.165, 1.54) is 12.1 Å². The topological polar surface area (TPSA) is 32.9 Å². The molecule has 14 heavy (non-hydrogen) atoms. The van der Waals surface area contributed by atoms with E-state index in [2.05, 4.69) is 4.98 Å². The second-order valence-corrected chi connectivity index (χ2v) is 3.39. The molecule has 0 spiro atoms. The van der Waals surface area contributed by atoms with E-state index in [1.807, 2.05) is 6.92 Å². The minimum absolute atomic E-state index is 0.101. The summed E-state index contributed by atoms with van der Waals surface area (Å²) in [5.74, 6) is -0.383. The molecule has 0 bridgehead atoms. The van der Waals surface area contributed by atoms with Crippen LogP contribution in [-0.4, -0.2) is 4.98 Å². The Bertz CT molecular complexity index is 557. The van der Waals surface area contributed by atoms with Crippen LogP contribution in [0.4, 0.5) is 4.39 Å². The number of rotatable bonds is 0. The maximum atomic E-state index is 12.9. The summed E-state index contributed by atoms with van der Waals surface area (Å²) in [6.45, 7) is 3.57. The number of aromatic nitrogens is 1. The average molecular weight is 191 g/mol. The van der Waals surface area contributed by atoms with Gasteiger partial charge in [-0.05, 0) is 32.0 Å². The van der Waals surface area contributed by atoms with Crippen molar-refractivity contribution < 1.29 is 4.39 Å². The lowest BCUT2D eigenvalue weighted by atomic mass is 10.1. The summed E-state index contributed by atoms with van der Waals surface area (Å²) in [5.41, 5.74) is 2.05. The number of pyridine rings is 1. The molecule has 0 radical (unpaired) electrons. The first-order valence-electron chi connectivity index (χ1n) is 4.38. The fraction of sp³-hybridized carbons (Fsp3) is 0.182. The molecule has 0 aliphatic carbocycles. The third kappa shape index (κ3) is 1.21. The molecule has 3 heteroatoms. The van der Waals surface area contributed by atoms with Gasteiger partial charge in [-0.1, -0.05) is 0 Å². The van der Waals surface area contributed by atoms with Gasteiger partial charge in [-0.3, -0.25) is 4.79 Å². The van der Waals surface area contributed by atoms with Gasteiger partial charge in [-0.25, -0.2) is 4.39 Å². The molecule has 0 aliphatic rings. The van der Waals surface area contributed by atoms with Gasteiger partial charge in [-0.2, -0.15) is 0 Å². The van der Waals surface area contributed by atoms with Crippen molar-refractivity contribution in [3.05, 3.63) is 45.5 Å². The van der Waals surface area contributed by atoms with Crippen LogP contribution in [0.25, 0.3) is 10.9 Å². The van der Waals surface area contributed by atoms with Gasteiger partial charge in [0.1, 0.15) is 5.82 Å². The summed E-state index contributed by atoms with van der Waals surface area (Å²) in [6, 6.07) is 4.19. The van der Waals surface area contributed by atoms with Gasteiger partial charge in [0.25, 0.3) is 0 Å². The molecule has 0 saturated carbocycles. The first-order valence-corrected chi connectivity index (χ1v) is 4.38. The number of H-pyrrole nitrogens is 1. The van der Waals surface area contributed by atoms with E-state index in [0.717, 1.165) is 5.69 Å². The van der Waals surface area contributed by atoms with E-state index < -0.39 is 0 Å². The molecule has 1 heterocycles. The van der Waals surface area contributed by atoms with Crippen LogP contribution < -0.4 is 5.43 Å². The minimum Gasteiger partial charge on any atom is -0.358 e. The zero-order chi connectivity index (χ0) is 10.3. The van der Waals surface area contributed by atoms with Crippen LogP contribution in [0.2, 0.25) is 0 Å². The summed E-state index contributed by atoms with van der Waals surface area (Å²) in [4.78, 5) is 14.8. The molecule has 0 aliphatic heterocycles. The van der Waals surface area contributed by atoms with E-state index in [9.17, 15) is 9.18 Å². The van der Waals surface area contributed by atoms with Gasteiger partial charge in [0, 0.05) is 22.2 Å². The molecule has 0 atom stereocenters. The first kappa shape index (κ1) is 8.94. The van der Waals surface area contributed by atoms with Crippen LogP contribution in [0, 0.1) is 19.7 Å². The van der Waals surface area contributed by atoms with Crippen LogP contribution in [0.15, 0.2) is 23.0 Å². The molecular formula is C11H10FNO. The number of fused-ring (bicyclic) bond motifs is 1. The number of hydrogen-bond acceptors (Lipinski definition) is 1. The molecule has 0 saturated heterocycles. The molecular weight excluding hydrogens is 181 g/mol. The third-order valence-electron chi connectivity index (χ3n) is 2.45. The smallest absolute Gasteiger partial charge is 0.192 e. The van der Waals surface area contributed by atoms with Crippen LogP contribution in [0.3, 0.4) is 0 Å². The van der Waals surface area contributed by atoms with E-state index in [1.54, 1.807) is 13.0 Å². The SMILES string of the molecule is Cc1[nH]c2ccc(F)cc2c(=O)c1C. The van der Waals surface area contributed by atoms with Gasteiger partial charge < -0.3 is 4.98 Å². The first-order chi connectivity index (χ1) is 6.59. The molecule has 0 unspecified atom stereocenters. The van der Waals surface area contributed by atoms with E-state index >= 15 is 0 Å². The zero-order valence-corrected chi connectivity index (χ0v) is 8.02. The second kappa shape index (κ2) is 2.94. The van der Waals surface area contributed by atoms with Gasteiger partial charge in [0.2, 0.25) is 0 Å². The van der Waals surface area contributed by atoms with Gasteiger partial charge in [0.15, 0.2) is 5.43 Å². The molecule has 0 amide bonds. The Morgan fingerprint density at radius 3 is 2.71 bits per heavy atom. The Morgan fingerprint density at radius 2 is 2.00 bits per heavy atom. The fourth-order valence-corrected chi connectivity index (χ4v) is 1.48. The van der Waals surface area contributed by atoms with Gasteiger partial charge in [0.05, 0.1) is 0 Å². The van der Waals surface area contributed by atoms with Crippen molar-refractivity contribution >= 4 is 10.9 Å². The predicted molar refractivity (Wildman–Crippen MR) is 54.0 cm³/mol. The highest BCUT2D eigenvalue weighted by Gasteiger charge is 2.05. The van der Waals surface area contributed by atoms with Gasteiger partial charge in [-0.15, -0.1) is 0 Å². The highest BCUT2D eigenvalue weighted by molar-refractivity contribution is 5.79. The normalized spacial score (nSPS) is 10.8. The van der Waals surface area contributed by atoms with Crippen molar-refractivity contribution in [2.45, 2.75) is 13.8 Å². The van der Waals surface area contributed by atoms with E-state index in [4.69, 9.17) is 0 Å². The monoisotopic (exact) mass is 191 g/mol. The summed E-state index contributed by atoms with van der Waals surface area (Å²) in [6.07, 6.45) is 0. The largest absolute Gasteiger partial charge is 0.358 e. The fourth-order valence-electron chi connectivity index (χ4n) is 1.48. The Morgan fingerprint density at radius 1 is 1.29 bits per heavy atom. The number of aromatic amines is 1. The molecule has 2 nitrogen and oxygen atoms in total. The number of hydrogen-bond donors (Lipinski definition) is 1. The summed E-state index contributed by atoms with van der Waals surface area (Å²) >= 11 is 0. The Balaban J connectivity index is 2.99. The number of halogens is 1. The van der Waals surface area contributed by atoms with Crippen LogP contribution in [0.5, 0.6) is 0 Å². The van der Waals surface area contributed by atoms with Crippen molar-refractivity contribution in [3.63, 3.8) is 0 Å². The summed E-state index contributed by atoms with van der Waals surface area (Å²) < 4.78 is 12.9. The second-order valence-electron chi connectivity index (χ2n) is 3.39. The lowest BCUT2D eigenvalue weighted by molar-refractivity contribution is 0.629. The zero-order valence-electron chi connectivity index (χ0n) is 8.02. The maximum absolute atomic E-state index is 12.9. The van der Waals surface area contributed by atoms with Crippen molar-refractivity contribution in [1.29, 1.82) is 0 Å². The quantitative estimate of drug-likeness (QED) is 0.680. The molecule has 1 aromatic heterocycles. The molecule has 0 fully saturated rings. The number of aryl methyl sites for hydroxylation is 1. The van der Waals surface area contributed by atoms with E-state index in [0.29, 0.717) is 16.5 Å². The predicted octanol–water partition coefficient (Wildman–Crippen LogP) is 2.28. The van der Waals surface area contributed by atoms with Gasteiger partial charge >= 0.3 is 0 Å². The molecule has 72 valence electrons. The third-order valence-corrected chi connectivity index (χ3v) is 2.45. The Labute approximate surface area is 80.4 Å². The van der Waals surface area contributed by atoms with E-state index in [-0.39, 0.29) is 11.2 Å². The summed E-state index contributed by atoms with van der Waals surface area (Å²) in [5, 5.41) is 0.410. The molecule has 2 aromatic rings. The number of nitrogens with one attached hydrogen (secondary N) is 1. The standard InChI is InChI=1S/C11H10FNO/c1-6-7(2)13-10-4-3-8(12)5-9(10)11(6)14/h3-5H,1-2H3,(H,13,14). The molecule has 1 aromatic carbocycles. The maximum Gasteiger partial charge on any atom is 0.192 e. The highest BCUT2D eigenvalue weighted by atomic mass is 19.1. The van der Waals surface area contributed by atoms with Crippen LogP contribution in [-0.2, 0) is 0 Å². The Hall–Kier alpha value is -1.64. The summed E-state index contributed by atoms with van der Waals surface area (Å²) in [7, 11) is 0. The molecule has 2 rings (SSSR count). The van der Waals surface area contributed by atoms with Crippen LogP contribution in [0.1, 0.15) is 11.3 Å².